The second kappa shape index (κ2) is 6.41. The van der Waals surface area contributed by atoms with Crippen LogP contribution in [0.1, 0.15) is 55.9 Å². The van der Waals surface area contributed by atoms with Crippen molar-refractivity contribution in [1.82, 2.24) is 14.9 Å². The van der Waals surface area contributed by atoms with Gasteiger partial charge in [-0.25, -0.2) is 4.98 Å². The van der Waals surface area contributed by atoms with Gasteiger partial charge in [-0.2, -0.15) is 0 Å². The monoisotopic (exact) mass is 288 g/mol. The Labute approximate surface area is 126 Å². The van der Waals surface area contributed by atoms with Crippen LogP contribution in [0.3, 0.4) is 0 Å². The fourth-order valence-electron chi connectivity index (χ4n) is 3.76. The third kappa shape index (κ3) is 3.01. The molecule has 2 heterocycles. The Bertz CT molecular complexity index is 503. The highest BCUT2D eigenvalue weighted by Gasteiger charge is 2.36. The highest BCUT2D eigenvalue weighted by molar-refractivity contribution is 5.92. The molecule has 2 fully saturated rings. The predicted molar refractivity (Wildman–Crippen MR) is 82.2 cm³/mol. The van der Waals surface area contributed by atoms with Gasteiger partial charge in [0, 0.05) is 19.1 Å². The van der Waals surface area contributed by atoms with E-state index in [2.05, 4.69) is 20.2 Å². The van der Waals surface area contributed by atoms with Gasteiger partial charge in [0.2, 0.25) is 0 Å². The molecule has 1 aromatic heterocycles. The van der Waals surface area contributed by atoms with E-state index in [4.69, 9.17) is 0 Å². The minimum atomic E-state index is 0.0545. The van der Waals surface area contributed by atoms with Crippen LogP contribution in [0.15, 0.2) is 12.4 Å². The number of hydrogen-bond donors (Lipinski definition) is 1. The van der Waals surface area contributed by atoms with Crippen LogP contribution >= 0.6 is 0 Å². The molecule has 2 aliphatic rings. The average Bonchev–Trinajstić information content (AvgIpc) is 2.54. The molecule has 0 radical (unpaired) electrons. The van der Waals surface area contributed by atoms with Gasteiger partial charge >= 0.3 is 0 Å². The van der Waals surface area contributed by atoms with Crippen LogP contribution in [0.2, 0.25) is 0 Å². The van der Waals surface area contributed by atoms with Gasteiger partial charge in [0.25, 0.3) is 5.91 Å². The van der Waals surface area contributed by atoms with Gasteiger partial charge in [0.05, 0.1) is 12.4 Å². The Hall–Kier alpha value is -1.65. The van der Waals surface area contributed by atoms with Gasteiger partial charge in [-0.05, 0) is 38.5 Å². The van der Waals surface area contributed by atoms with Crippen molar-refractivity contribution in [2.45, 2.75) is 51.5 Å². The van der Waals surface area contributed by atoms with Crippen molar-refractivity contribution in [3.8, 4) is 0 Å². The second-order valence-electron chi connectivity index (χ2n) is 6.07. The quantitative estimate of drug-likeness (QED) is 0.929. The molecule has 0 aromatic carbocycles. The van der Waals surface area contributed by atoms with Gasteiger partial charge in [-0.1, -0.05) is 12.8 Å². The van der Waals surface area contributed by atoms with Crippen LogP contribution in [0, 0.1) is 5.92 Å². The maximum atomic E-state index is 12.8. The van der Waals surface area contributed by atoms with E-state index in [0.717, 1.165) is 25.9 Å². The smallest absolute Gasteiger partial charge is 0.274 e. The van der Waals surface area contributed by atoms with Gasteiger partial charge in [-0.15, -0.1) is 0 Å². The summed E-state index contributed by atoms with van der Waals surface area (Å²) in [7, 11) is 0. The first-order valence-electron chi connectivity index (χ1n) is 8.16. The number of aromatic nitrogens is 2. The summed E-state index contributed by atoms with van der Waals surface area (Å²) in [6.07, 6.45) is 10.6. The van der Waals surface area contributed by atoms with Crippen LogP contribution in [0.25, 0.3) is 0 Å². The molecule has 5 heteroatoms. The number of anilines is 1. The topological polar surface area (TPSA) is 58.1 Å². The molecule has 1 aliphatic carbocycles. The first-order chi connectivity index (χ1) is 10.3. The zero-order valence-corrected chi connectivity index (χ0v) is 12.7. The molecule has 21 heavy (non-hydrogen) atoms. The summed E-state index contributed by atoms with van der Waals surface area (Å²) in [5.41, 5.74) is 0.472. The third-order valence-electron chi connectivity index (χ3n) is 4.72. The summed E-state index contributed by atoms with van der Waals surface area (Å²) in [4.78, 5) is 23.4. The molecule has 3 rings (SSSR count). The second-order valence-corrected chi connectivity index (χ2v) is 6.07. The molecule has 114 valence electrons. The lowest BCUT2D eigenvalue weighted by Crippen LogP contribution is -2.49. The number of piperidine rings is 1. The van der Waals surface area contributed by atoms with Crippen LogP contribution in [0.4, 0.5) is 5.82 Å². The zero-order chi connectivity index (χ0) is 14.7. The van der Waals surface area contributed by atoms with E-state index in [0.29, 0.717) is 23.5 Å². The van der Waals surface area contributed by atoms with Crippen molar-refractivity contribution in [3.63, 3.8) is 0 Å². The Kier molecular flexibility index (Phi) is 4.36. The highest BCUT2D eigenvalue weighted by atomic mass is 16.2. The van der Waals surface area contributed by atoms with Crippen molar-refractivity contribution in [2.75, 3.05) is 18.4 Å². The minimum Gasteiger partial charge on any atom is -0.369 e. The molecule has 1 amide bonds. The molecule has 1 N–H and O–H groups in total. The molecule has 2 unspecified atom stereocenters. The highest BCUT2D eigenvalue weighted by Crippen LogP contribution is 2.35. The largest absolute Gasteiger partial charge is 0.369 e. The number of nitrogens with zero attached hydrogens (tertiary/aromatic N) is 3. The molecule has 1 aliphatic heterocycles. The van der Waals surface area contributed by atoms with Crippen molar-refractivity contribution in [2.24, 2.45) is 5.92 Å². The number of rotatable bonds is 3. The van der Waals surface area contributed by atoms with E-state index in [1.165, 1.54) is 25.7 Å². The van der Waals surface area contributed by atoms with E-state index < -0.39 is 0 Å². The first kappa shape index (κ1) is 14.3. The van der Waals surface area contributed by atoms with E-state index >= 15 is 0 Å². The number of carbonyl (C=O) groups excluding carboxylic acids is 1. The van der Waals surface area contributed by atoms with Gasteiger partial charge < -0.3 is 10.2 Å². The van der Waals surface area contributed by atoms with E-state index in [-0.39, 0.29) is 5.91 Å². The maximum absolute atomic E-state index is 12.8. The lowest BCUT2D eigenvalue weighted by molar-refractivity contribution is 0.0385. The van der Waals surface area contributed by atoms with E-state index in [1.807, 2.05) is 6.92 Å². The minimum absolute atomic E-state index is 0.0545. The fraction of sp³-hybridized carbons (Fsp3) is 0.688. The number of carbonyl (C=O) groups is 1. The maximum Gasteiger partial charge on any atom is 0.274 e. The number of hydrogen-bond acceptors (Lipinski definition) is 4. The summed E-state index contributed by atoms with van der Waals surface area (Å²) < 4.78 is 0. The Morgan fingerprint density at radius 3 is 2.95 bits per heavy atom. The van der Waals surface area contributed by atoms with Crippen LogP contribution < -0.4 is 5.32 Å². The number of fused-ring (bicyclic) bond motifs is 1. The molecule has 0 spiro atoms. The standard InChI is InChI=1S/C16H24N4O/c1-2-18-15-11-17-10-13(19-15)16(21)20-9-5-7-12-6-3-4-8-14(12)20/h10-12,14H,2-9H2,1H3,(H,18,19). The lowest BCUT2D eigenvalue weighted by atomic mass is 9.78. The number of nitrogens with one attached hydrogen (secondary N) is 1. The predicted octanol–water partition coefficient (Wildman–Crippen LogP) is 2.70. The summed E-state index contributed by atoms with van der Waals surface area (Å²) in [6, 6.07) is 0.421. The van der Waals surface area contributed by atoms with Gasteiger partial charge in [0.15, 0.2) is 0 Å². The normalized spacial score (nSPS) is 25.3. The van der Waals surface area contributed by atoms with Crippen molar-refractivity contribution in [3.05, 3.63) is 18.1 Å². The van der Waals surface area contributed by atoms with Crippen LogP contribution in [0.5, 0.6) is 0 Å². The Morgan fingerprint density at radius 2 is 2.10 bits per heavy atom. The SMILES string of the molecule is CCNc1cncc(C(=O)N2CCCC3CCCCC32)n1. The van der Waals surface area contributed by atoms with Crippen LogP contribution in [-0.4, -0.2) is 39.9 Å². The first-order valence-corrected chi connectivity index (χ1v) is 8.16. The molecule has 1 saturated heterocycles. The molecule has 1 saturated carbocycles. The molecule has 1 aromatic rings. The van der Waals surface area contributed by atoms with E-state index in [1.54, 1.807) is 12.4 Å². The molecule has 5 nitrogen and oxygen atoms in total. The van der Waals surface area contributed by atoms with Crippen molar-refractivity contribution < 1.29 is 4.79 Å². The summed E-state index contributed by atoms with van der Waals surface area (Å²) in [5, 5.41) is 3.12. The Balaban J connectivity index is 1.78. The van der Waals surface area contributed by atoms with Gasteiger partial charge in [-0.3, -0.25) is 9.78 Å². The lowest BCUT2D eigenvalue weighted by Gasteiger charge is -2.44. The summed E-state index contributed by atoms with van der Waals surface area (Å²) >= 11 is 0. The molecular weight excluding hydrogens is 264 g/mol. The fourth-order valence-corrected chi connectivity index (χ4v) is 3.76. The van der Waals surface area contributed by atoms with E-state index in [9.17, 15) is 4.79 Å². The van der Waals surface area contributed by atoms with Crippen molar-refractivity contribution in [1.29, 1.82) is 0 Å². The summed E-state index contributed by atoms with van der Waals surface area (Å²) in [5.74, 6) is 1.43. The Morgan fingerprint density at radius 1 is 1.29 bits per heavy atom. The molecule has 0 bridgehead atoms. The van der Waals surface area contributed by atoms with Crippen molar-refractivity contribution >= 4 is 11.7 Å². The molecular formula is C16H24N4O. The number of likely N-dealkylation sites (tertiary alicyclic amines) is 1. The third-order valence-corrected chi connectivity index (χ3v) is 4.72. The van der Waals surface area contributed by atoms with Crippen LogP contribution in [-0.2, 0) is 0 Å². The van der Waals surface area contributed by atoms with Gasteiger partial charge in [0.1, 0.15) is 11.5 Å². The summed E-state index contributed by atoms with van der Waals surface area (Å²) in [6.45, 7) is 3.65. The molecule has 2 atom stereocenters. The number of amides is 1. The average molecular weight is 288 g/mol. The zero-order valence-electron chi connectivity index (χ0n) is 12.7.